The fourth-order valence-electron chi connectivity index (χ4n) is 2.89. The molecule has 13 heteroatoms. The summed E-state index contributed by atoms with van der Waals surface area (Å²) < 4.78 is 53.8. The Hall–Kier alpha value is -3.29. The van der Waals surface area contributed by atoms with E-state index in [-0.39, 0.29) is 20.8 Å². The van der Waals surface area contributed by atoms with Crippen molar-refractivity contribution in [2.75, 3.05) is 10.0 Å². The Morgan fingerprint density at radius 1 is 1.16 bits per heavy atom. The summed E-state index contributed by atoms with van der Waals surface area (Å²) in [5.74, 6) is -0.393. The predicted molar refractivity (Wildman–Crippen MR) is 121 cm³/mol. The number of carbonyl (C=O) groups is 1. The number of fused-ring (bicyclic) bond motifs is 1. The molecule has 2 aromatic carbocycles. The van der Waals surface area contributed by atoms with Crippen LogP contribution in [0.4, 0.5) is 10.8 Å². The maximum atomic E-state index is 12.5. The highest BCUT2D eigenvalue weighted by atomic mass is 32.2. The molecule has 0 saturated heterocycles. The number of aromatic nitrogens is 1. The van der Waals surface area contributed by atoms with Crippen LogP contribution in [0.25, 0.3) is 0 Å². The third-order valence-electron chi connectivity index (χ3n) is 4.45. The van der Waals surface area contributed by atoms with Gasteiger partial charge in [0.25, 0.3) is 20.0 Å². The molecule has 0 bridgehead atoms. The quantitative estimate of drug-likeness (QED) is 0.481. The predicted octanol–water partition coefficient (Wildman–Crippen LogP) is 2.01. The van der Waals surface area contributed by atoms with Crippen molar-refractivity contribution in [3.05, 3.63) is 65.7 Å². The molecule has 10 nitrogen and oxygen atoms in total. The number of rotatable bonds is 6. The van der Waals surface area contributed by atoms with Crippen LogP contribution in [0, 0.1) is 0 Å². The van der Waals surface area contributed by atoms with Gasteiger partial charge >= 0.3 is 0 Å². The van der Waals surface area contributed by atoms with Gasteiger partial charge in [-0.25, -0.2) is 21.8 Å². The van der Waals surface area contributed by atoms with Crippen LogP contribution in [0.2, 0.25) is 0 Å². The zero-order valence-electron chi connectivity index (χ0n) is 16.5. The zero-order chi connectivity index (χ0) is 22.9. The van der Waals surface area contributed by atoms with Crippen LogP contribution in [-0.2, 0) is 24.8 Å². The van der Waals surface area contributed by atoms with Crippen molar-refractivity contribution in [1.29, 1.82) is 0 Å². The van der Waals surface area contributed by atoms with Gasteiger partial charge < -0.3 is 5.32 Å². The number of sulfonamides is 2. The van der Waals surface area contributed by atoms with Crippen LogP contribution >= 0.6 is 11.3 Å². The number of anilines is 2. The van der Waals surface area contributed by atoms with Crippen molar-refractivity contribution < 1.29 is 21.6 Å². The largest absolute Gasteiger partial charge is 0.324 e. The van der Waals surface area contributed by atoms with E-state index < -0.39 is 32.0 Å². The molecule has 3 aromatic rings. The number of nitrogens with zero attached hydrogens (tertiary/aromatic N) is 2. The molecular formula is C19H17N5O5S3. The Balaban J connectivity index is 1.46. The van der Waals surface area contributed by atoms with Crippen LogP contribution < -0.4 is 14.8 Å². The number of carbonyl (C=O) groups excluding carboxylic acids is 1. The van der Waals surface area contributed by atoms with Gasteiger partial charge in [-0.1, -0.05) is 12.1 Å². The smallest absolute Gasteiger partial charge is 0.263 e. The Labute approximate surface area is 188 Å². The summed E-state index contributed by atoms with van der Waals surface area (Å²) in [6.45, 7) is 1.52. The number of hydrogen-bond donors (Lipinski definition) is 3. The van der Waals surface area contributed by atoms with Gasteiger partial charge in [-0.2, -0.15) is 0 Å². The highest BCUT2D eigenvalue weighted by molar-refractivity contribution is 7.93. The standard InChI is InChI=1S/C19H17N5O5S3/c1-12(21-17-15-4-2-3-5-16(15)32(28,29)23-17)18(25)22-13-6-8-14(9-7-13)31(26,27)24-19-20-10-11-30-19/h2-12H,1H3,(H,20,24)(H,21,23)(H,22,25)/t12-/m0/s1. The number of amidine groups is 1. The minimum absolute atomic E-state index is 0.0101. The van der Waals surface area contributed by atoms with E-state index in [1.54, 1.807) is 23.6 Å². The van der Waals surface area contributed by atoms with Gasteiger partial charge in [0.1, 0.15) is 11.9 Å². The second-order valence-electron chi connectivity index (χ2n) is 6.71. The van der Waals surface area contributed by atoms with Crippen molar-refractivity contribution >= 4 is 53.9 Å². The van der Waals surface area contributed by atoms with E-state index >= 15 is 0 Å². The van der Waals surface area contributed by atoms with E-state index in [9.17, 15) is 21.6 Å². The van der Waals surface area contributed by atoms with E-state index in [4.69, 9.17) is 0 Å². The van der Waals surface area contributed by atoms with Gasteiger partial charge in [-0.3, -0.25) is 19.2 Å². The molecule has 0 aliphatic carbocycles. The molecule has 1 aliphatic heterocycles. The molecule has 0 radical (unpaired) electrons. The molecule has 0 saturated carbocycles. The molecular weight excluding hydrogens is 474 g/mol. The summed E-state index contributed by atoms with van der Waals surface area (Å²) in [6, 6.07) is 11.0. The Morgan fingerprint density at radius 2 is 1.88 bits per heavy atom. The minimum atomic E-state index is -3.80. The summed E-state index contributed by atoms with van der Waals surface area (Å²) in [5, 5.41) is 4.53. The molecule has 4 rings (SSSR count). The molecule has 0 unspecified atom stereocenters. The summed E-state index contributed by atoms with van der Waals surface area (Å²) in [6.07, 6.45) is 1.49. The normalized spacial score (nSPS) is 16.7. The number of hydrogen-bond acceptors (Lipinski definition) is 8. The lowest BCUT2D eigenvalue weighted by atomic mass is 10.2. The fourth-order valence-corrected chi connectivity index (χ4v) is 5.92. The highest BCUT2D eigenvalue weighted by Gasteiger charge is 2.31. The van der Waals surface area contributed by atoms with Crippen molar-refractivity contribution in [3.63, 3.8) is 0 Å². The van der Waals surface area contributed by atoms with Gasteiger partial charge in [0.05, 0.1) is 9.79 Å². The average Bonchev–Trinajstić information content (AvgIpc) is 3.34. The first-order chi connectivity index (χ1) is 15.2. The molecule has 1 atom stereocenters. The van der Waals surface area contributed by atoms with Crippen molar-refractivity contribution in [3.8, 4) is 0 Å². The zero-order valence-corrected chi connectivity index (χ0v) is 19.0. The van der Waals surface area contributed by atoms with E-state index in [0.717, 1.165) is 11.3 Å². The number of nitrogens with one attached hydrogen (secondary N) is 3. The molecule has 1 aromatic heterocycles. The van der Waals surface area contributed by atoms with Gasteiger partial charge in [0.2, 0.25) is 5.91 Å². The van der Waals surface area contributed by atoms with Crippen molar-refractivity contribution in [2.24, 2.45) is 4.99 Å². The summed E-state index contributed by atoms with van der Waals surface area (Å²) in [4.78, 5) is 20.7. The van der Waals surface area contributed by atoms with Gasteiger partial charge in [-0.15, -0.1) is 11.3 Å². The maximum absolute atomic E-state index is 12.5. The second-order valence-corrected chi connectivity index (χ2v) is 10.9. The van der Waals surface area contributed by atoms with E-state index in [2.05, 4.69) is 24.7 Å². The van der Waals surface area contributed by atoms with Gasteiger partial charge in [0.15, 0.2) is 5.13 Å². The van der Waals surface area contributed by atoms with Crippen LogP contribution in [0.5, 0.6) is 0 Å². The summed E-state index contributed by atoms with van der Waals surface area (Å²) in [7, 11) is -7.50. The molecule has 0 fully saturated rings. The molecule has 2 heterocycles. The Bertz CT molecular complexity index is 1400. The maximum Gasteiger partial charge on any atom is 0.263 e. The van der Waals surface area contributed by atoms with Crippen LogP contribution in [-0.4, -0.2) is 39.6 Å². The minimum Gasteiger partial charge on any atom is -0.324 e. The molecule has 1 aliphatic rings. The number of aliphatic imine (C=N–C) groups is 1. The fraction of sp³-hybridized carbons (Fsp3) is 0.105. The van der Waals surface area contributed by atoms with E-state index in [0.29, 0.717) is 11.3 Å². The lowest BCUT2D eigenvalue weighted by molar-refractivity contribution is -0.117. The molecule has 1 amide bonds. The van der Waals surface area contributed by atoms with Crippen molar-refractivity contribution in [1.82, 2.24) is 9.71 Å². The third kappa shape index (κ3) is 4.49. The van der Waals surface area contributed by atoms with Gasteiger partial charge in [-0.05, 0) is 43.3 Å². The second kappa shape index (κ2) is 8.33. The number of thiazole rings is 1. The molecule has 3 N–H and O–H groups in total. The third-order valence-corrected chi connectivity index (χ3v) is 8.02. The molecule has 166 valence electrons. The van der Waals surface area contributed by atoms with E-state index in [1.165, 1.54) is 43.5 Å². The first-order valence-corrected chi connectivity index (χ1v) is 13.0. The Morgan fingerprint density at radius 3 is 2.56 bits per heavy atom. The lowest BCUT2D eigenvalue weighted by Gasteiger charge is -2.11. The first kappa shape index (κ1) is 21.9. The summed E-state index contributed by atoms with van der Waals surface area (Å²) >= 11 is 1.15. The summed E-state index contributed by atoms with van der Waals surface area (Å²) in [5.41, 5.74) is 0.761. The SMILES string of the molecule is C[C@H](N=C1NS(=O)(=O)c2ccccc21)C(=O)Nc1ccc(S(=O)(=O)Nc2nccs2)cc1. The topological polar surface area (TPSA) is 147 Å². The van der Waals surface area contributed by atoms with Crippen LogP contribution in [0.3, 0.4) is 0 Å². The lowest BCUT2D eigenvalue weighted by Crippen LogP contribution is -2.28. The molecule has 32 heavy (non-hydrogen) atoms. The number of amides is 1. The number of benzene rings is 2. The highest BCUT2D eigenvalue weighted by Crippen LogP contribution is 2.23. The first-order valence-electron chi connectivity index (χ1n) is 9.19. The van der Waals surface area contributed by atoms with Gasteiger partial charge in [0, 0.05) is 22.8 Å². The molecule has 0 spiro atoms. The van der Waals surface area contributed by atoms with Crippen LogP contribution in [0.1, 0.15) is 12.5 Å². The van der Waals surface area contributed by atoms with Crippen LogP contribution in [0.15, 0.2) is 74.9 Å². The van der Waals surface area contributed by atoms with E-state index in [1.807, 2.05) is 0 Å². The monoisotopic (exact) mass is 491 g/mol. The Kier molecular flexibility index (Phi) is 5.71. The average molecular weight is 492 g/mol. The van der Waals surface area contributed by atoms with Crippen molar-refractivity contribution in [2.45, 2.75) is 22.8 Å².